The normalized spacial score (nSPS) is 22.4. The predicted octanol–water partition coefficient (Wildman–Crippen LogP) is 3.07. The average Bonchev–Trinajstić information content (AvgIpc) is 3.65. The Labute approximate surface area is 175 Å². The van der Waals surface area contributed by atoms with Crippen LogP contribution in [0.5, 0.6) is 0 Å². The van der Waals surface area contributed by atoms with E-state index >= 15 is 0 Å². The third kappa shape index (κ3) is 5.97. The molecule has 1 unspecified atom stereocenters. The zero-order chi connectivity index (χ0) is 20.1. The fourth-order valence-corrected chi connectivity index (χ4v) is 4.63. The number of amides is 1. The van der Waals surface area contributed by atoms with Crippen LogP contribution in [0, 0.1) is 23.7 Å². The van der Waals surface area contributed by atoms with Gasteiger partial charge < -0.3 is 15.5 Å². The number of hydrogen-bond acceptors (Lipinski definition) is 2. The van der Waals surface area contributed by atoms with Gasteiger partial charge in [0.15, 0.2) is 5.96 Å². The summed E-state index contributed by atoms with van der Waals surface area (Å²) in [6, 6.07) is 10.4. The summed E-state index contributed by atoms with van der Waals surface area (Å²) in [5, 5.41) is 6.90. The van der Waals surface area contributed by atoms with Crippen molar-refractivity contribution in [2.24, 2.45) is 28.7 Å². The lowest BCUT2D eigenvalue weighted by Crippen LogP contribution is -2.40. The van der Waals surface area contributed by atoms with E-state index in [9.17, 15) is 4.79 Å². The van der Waals surface area contributed by atoms with Gasteiger partial charge in [-0.1, -0.05) is 30.3 Å². The lowest BCUT2D eigenvalue weighted by Gasteiger charge is -2.18. The highest BCUT2D eigenvalue weighted by molar-refractivity contribution is 5.81. The number of carbonyl (C=O) groups is 1. The number of benzene rings is 1. The van der Waals surface area contributed by atoms with Crippen LogP contribution in [0.25, 0.3) is 0 Å². The summed E-state index contributed by atoms with van der Waals surface area (Å²) >= 11 is 0. The van der Waals surface area contributed by atoms with Crippen LogP contribution in [0.15, 0.2) is 35.3 Å². The number of rotatable bonds is 10. The SMILES string of the molecule is CCNC(=NCC(C1CC1)C1CC1)NCC1CC(=O)N(CCc2ccccc2)C1. The Morgan fingerprint density at radius 1 is 1.14 bits per heavy atom. The van der Waals surface area contributed by atoms with E-state index < -0.39 is 0 Å². The molecule has 1 heterocycles. The van der Waals surface area contributed by atoms with Crippen LogP contribution in [-0.4, -0.2) is 49.5 Å². The van der Waals surface area contributed by atoms with Gasteiger partial charge in [0, 0.05) is 45.1 Å². The Balaban J connectivity index is 1.23. The van der Waals surface area contributed by atoms with Crippen LogP contribution in [0.2, 0.25) is 0 Å². The van der Waals surface area contributed by atoms with E-state index in [2.05, 4.69) is 41.8 Å². The summed E-state index contributed by atoms with van der Waals surface area (Å²) in [4.78, 5) is 19.3. The molecular weight excluding hydrogens is 360 g/mol. The standard InChI is InChI=1S/C24H36N4O/c1-2-25-24(27-16-22(20-8-9-20)21-10-11-21)26-15-19-14-23(29)28(17-19)13-12-18-6-4-3-5-7-18/h3-7,19-22H,2,8-17H2,1H3,(H2,25,26,27). The highest BCUT2D eigenvalue weighted by Gasteiger charge is 2.41. The maximum Gasteiger partial charge on any atom is 0.223 e. The van der Waals surface area contributed by atoms with Gasteiger partial charge in [0.25, 0.3) is 0 Å². The number of nitrogens with zero attached hydrogens (tertiary/aromatic N) is 2. The Bertz CT molecular complexity index is 684. The summed E-state index contributed by atoms with van der Waals surface area (Å²) in [5.74, 6) is 4.24. The first-order valence-electron chi connectivity index (χ1n) is 11.6. The Hall–Kier alpha value is -2.04. The fraction of sp³-hybridized carbons (Fsp3) is 0.667. The monoisotopic (exact) mass is 396 g/mol. The minimum atomic E-state index is 0.289. The molecule has 1 aromatic carbocycles. The molecule has 2 N–H and O–H groups in total. The highest BCUT2D eigenvalue weighted by atomic mass is 16.2. The van der Waals surface area contributed by atoms with Gasteiger partial charge in [-0.3, -0.25) is 9.79 Å². The van der Waals surface area contributed by atoms with E-state index in [4.69, 9.17) is 4.99 Å². The van der Waals surface area contributed by atoms with Crippen LogP contribution in [0.4, 0.5) is 0 Å². The molecule has 3 aliphatic rings. The van der Waals surface area contributed by atoms with Crippen molar-refractivity contribution in [2.75, 3.05) is 32.7 Å². The van der Waals surface area contributed by atoms with Gasteiger partial charge in [0.2, 0.25) is 5.91 Å². The summed E-state index contributed by atoms with van der Waals surface area (Å²) < 4.78 is 0. The van der Waals surface area contributed by atoms with Crippen LogP contribution in [-0.2, 0) is 11.2 Å². The topological polar surface area (TPSA) is 56.7 Å². The van der Waals surface area contributed by atoms with Gasteiger partial charge in [0.1, 0.15) is 0 Å². The maximum atomic E-state index is 12.4. The van der Waals surface area contributed by atoms with Crippen molar-refractivity contribution in [1.29, 1.82) is 0 Å². The second-order valence-corrected chi connectivity index (χ2v) is 9.08. The lowest BCUT2D eigenvalue weighted by molar-refractivity contribution is -0.127. The van der Waals surface area contributed by atoms with E-state index in [1.54, 1.807) is 0 Å². The van der Waals surface area contributed by atoms with Crippen molar-refractivity contribution in [3.05, 3.63) is 35.9 Å². The molecule has 0 aromatic heterocycles. The lowest BCUT2D eigenvalue weighted by atomic mass is 9.98. The Morgan fingerprint density at radius 3 is 2.52 bits per heavy atom. The predicted molar refractivity (Wildman–Crippen MR) is 118 cm³/mol. The molecule has 1 amide bonds. The third-order valence-corrected chi connectivity index (χ3v) is 6.63. The van der Waals surface area contributed by atoms with Crippen molar-refractivity contribution in [2.45, 2.75) is 45.4 Å². The molecule has 1 atom stereocenters. The molecule has 2 saturated carbocycles. The van der Waals surface area contributed by atoms with Crippen molar-refractivity contribution in [1.82, 2.24) is 15.5 Å². The molecule has 4 rings (SSSR count). The van der Waals surface area contributed by atoms with Crippen molar-refractivity contribution >= 4 is 11.9 Å². The number of aliphatic imine (C=N–C) groups is 1. The first-order valence-corrected chi connectivity index (χ1v) is 11.6. The van der Waals surface area contributed by atoms with Gasteiger partial charge in [-0.2, -0.15) is 0 Å². The molecule has 2 aliphatic carbocycles. The highest BCUT2D eigenvalue weighted by Crippen LogP contribution is 2.49. The molecule has 0 spiro atoms. The second-order valence-electron chi connectivity index (χ2n) is 9.08. The number of carbonyl (C=O) groups excluding carboxylic acids is 1. The van der Waals surface area contributed by atoms with Crippen molar-refractivity contribution in [3.8, 4) is 0 Å². The summed E-state index contributed by atoms with van der Waals surface area (Å²) in [6.45, 7) is 6.42. The second kappa shape index (κ2) is 9.64. The molecule has 1 aromatic rings. The van der Waals surface area contributed by atoms with Crippen LogP contribution in [0.1, 0.15) is 44.6 Å². The van der Waals surface area contributed by atoms with Gasteiger partial charge in [-0.05, 0) is 62.3 Å². The number of likely N-dealkylation sites (tertiary alicyclic amines) is 1. The Morgan fingerprint density at radius 2 is 1.86 bits per heavy atom. The Kier molecular flexibility index (Phi) is 6.73. The van der Waals surface area contributed by atoms with E-state index in [-0.39, 0.29) is 5.91 Å². The summed E-state index contributed by atoms with van der Waals surface area (Å²) in [6.07, 6.45) is 7.20. The van der Waals surface area contributed by atoms with Crippen molar-refractivity contribution in [3.63, 3.8) is 0 Å². The molecule has 29 heavy (non-hydrogen) atoms. The number of guanidine groups is 1. The quantitative estimate of drug-likeness (QED) is 0.472. The van der Waals surface area contributed by atoms with E-state index in [1.807, 2.05) is 11.0 Å². The van der Waals surface area contributed by atoms with E-state index in [0.29, 0.717) is 12.3 Å². The molecule has 1 aliphatic heterocycles. The zero-order valence-corrected chi connectivity index (χ0v) is 17.8. The smallest absolute Gasteiger partial charge is 0.223 e. The molecule has 5 nitrogen and oxygen atoms in total. The first-order chi connectivity index (χ1) is 14.2. The zero-order valence-electron chi connectivity index (χ0n) is 17.8. The molecule has 5 heteroatoms. The van der Waals surface area contributed by atoms with Gasteiger partial charge in [-0.15, -0.1) is 0 Å². The molecule has 1 saturated heterocycles. The van der Waals surface area contributed by atoms with Gasteiger partial charge in [0.05, 0.1) is 0 Å². The molecule has 0 radical (unpaired) electrons. The number of nitrogens with one attached hydrogen (secondary N) is 2. The van der Waals surface area contributed by atoms with Crippen molar-refractivity contribution < 1.29 is 4.79 Å². The van der Waals surface area contributed by atoms with Crippen LogP contribution < -0.4 is 10.6 Å². The molecule has 0 bridgehead atoms. The fourth-order valence-electron chi connectivity index (χ4n) is 4.63. The maximum absolute atomic E-state index is 12.4. The minimum absolute atomic E-state index is 0.289. The third-order valence-electron chi connectivity index (χ3n) is 6.63. The summed E-state index contributed by atoms with van der Waals surface area (Å²) in [7, 11) is 0. The first kappa shape index (κ1) is 20.2. The number of hydrogen-bond donors (Lipinski definition) is 2. The minimum Gasteiger partial charge on any atom is -0.357 e. The van der Waals surface area contributed by atoms with Crippen LogP contribution in [0.3, 0.4) is 0 Å². The van der Waals surface area contributed by atoms with Gasteiger partial charge >= 0.3 is 0 Å². The van der Waals surface area contributed by atoms with E-state index in [0.717, 1.165) is 62.9 Å². The molecular formula is C24H36N4O. The molecule has 158 valence electrons. The molecule has 3 fully saturated rings. The summed E-state index contributed by atoms with van der Waals surface area (Å²) in [5.41, 5.74) is 1.30. The largest absolute Gasteiger partial charge is 0.357 e. The van der Waals surface area contributed by atoms with E-state index in [1.165, 1.54) is 31.2 Å². The van der Waals surface area contributed by atoms with Crippen LogP contribution >= 0.6 is 0 Å². The average molecular weight is 397 g/mol. The van der Waals surface area contributed by atoms with Gasteiger partial charge in [-0.25, -0.2) is 0 Å².